The number of fused-ring (bicyclic) bond motifs is 1. The van der Waals surface area contributed by atoms with Crippen molar-refractivity contribution in [3.05, 3.63) is 29.3 Å². The minimum absolute atomic E-state index is 0.0311. The number of anilines is 1. The molecule has 1 aliphatic rings. The number of carbonyl (C=O) groups excluding carboxylic acids is 1. The minimum Gasteiger partial charge on any atom is -0.323 e. The van der Waals surface area contributed by atoms with Gasteiger partial charge in [-0.2, -0.15) is 0 Å². The number of carbonyl (C=O) groups is 1. The standard InChI is InChI=1S/C15H23N3O/c1-4-5-6-13(16-2)11-7-8-14-12(9-11)10-18(3)15(19)17-14/h7-9,13,16H,4-6,10H2,1-3H3,(H,17,19). The Balaban J connectivity index is 2.20. The van der Waals surface area contributed by atoms with Crippen molar-refractivity contribution in [3.63, 3.8) is 0 Å². The molecule has 104 valence electrons. The molecule has 2 N–H and O–H groups in total. The molecular weight excluding hydrogens is 238 g/mol. The summed E-state index contributed by atoms with van der Waals surface area (Å²) >= 11 is 0. The Morgan fingerprint density at radius 1 is 1.47 bits per heavy atom. The van der Waals surface area contributed by atoms with Gasteiger partial charge in [-0.3, -0.25) is 0 Å². The summed E-state index contributed by atoms with van der Waals surface area (Å²) in [5.41, 5.74) is 3.44. The van der Waals surface area contributed by atoms with E-state index in [1.54, 1.807) is 4.90 Å². The highest BCUT2D eigenvalue weighted by atomic mass is 16.2. The highest BCUT2D eigenvalue weighted by Gasteiger charge is 2.20. The number of hydrogen-bond acceptors (Lipinski definition) is 2. The van der Waals surface area contributed by atoms with Crippen LogP contribution in [0.3, 0.4) is 0 Å². The summed E-state index contributed by atoms with van der Waals surface area (Å²) in [5.74, 6) is 0. The number of rotatable bonds is 5. The number of benzene rings is 1. The summed E-state index contributed by atoms with van der Waals surface area (Å²) in [6, 6.07) is 6.71. The van der Waals surface area contributed by atoms with Crippen LogP contribution >= 0.6 is 0 Å². The second-order valence-electron chi connectivity index (χ2n) is 5.19. The maximum atomic E-state index is 11.6. The first-order chi connectivity index (χ1) is 9.15. The molecule has 1 unspecified atom stereocenters. The van der Waals surface area contributed by atoms with Gasteiger partial charge in [0.05, 0.1) is 0 Å². The van der Waals surface area contributed by atoms with Crippen molar-refractivity contribution in [2.75, 3.05) is 19.4 Å². The highest BCUT2D eigenvalue weighted by Crippen LogP contribution is 2.27. The monoisotopic (exact) mass is 261 g/mol. The van der Waals surface area contributed by atoms with Crippen LogP contribution in [0.25, 0.3) is 0 Å². The summed E-state index contributed by atoms with van der Waals surface area (Å²) in [6.07, 6.45) is 3.58. The van der Waals surface area contributed by atoms with Gasteiger partial charge in [0.1, 0.15) is 0 Å². The molecule has 2 rings (SSSR count). The fraction of sp³-hybridized carbons (Fsp3) is 0.533. The van der Waals surface area contributed by atoms with Gasteiger partial charge in [-0.05, 0) is 30.7 Å². The van der Waals surface area contributed by atoms with Crippen molar-refractivity contribution in [1.29, 1.82) is 0 Å². The van der Waals surface area contributed by atoms with Crippen molar-refractivity contribution < 1.29 is 4.79 Å². The van der Waals surface area contributed by atoms with Crippen molar-refractivity contribution in [3.8, 4) is 0 Å². The molecule has 1 aromatic rings. The predicted molar refractivity (Wildman–Crippen MR) is 78.3 cm³/mol. The molecule has 0 radical (unpaired) electrons. The lowest BCUT2D eigenvalue weighted by Gasteiger charge is -2.27. The molecular formula is C15H23N3O. The number of nitrogens with one attached hydrogen (secondary N) is 2. The van der Waals surface area contributed by atoms with Crippen LogP contribution < -0.4 is 10.6 Å². The van der Waals surface area contributed by atoms with Gasteiger partial charge >= 0.3 is 6.03 Å². The van der Waals surface area contributed by atoms with E-state index in [0.717, 1.165) is 12.1 Å². The highest BCUT2D eigenvalue weighted by molar-refractivity contribution is 5.92. The normalized spacial score (nSPS) is 15.9. The van der Waals surface area contributed by atoms with Gasteiger partial charge in [-0.15, -0.1) is 0 Å². The molecule has 2 amide bonds. The van der Waals surface area contributed by atoms with Gasteiger partial charge in [-0.25, -0.2) is 4.79 Å². The topological polar surface area (TPSA) is 44.4 Å². The third-order valence-electron chi connectivity index (χ3n) is 3.72. The molecule has 1 aliphatic heterocycles. The van der Waals surface area contributed by atoms with E-state index >= 15 is 0 Å². The zero-order chi connectivity index (χ0) is 13.8. The molecule has 1 heterocycles. The van der Waals surface area contributed by atoms with E-state index in [1.165, 1.54) is 24.0 Å². The van der Waals surface area contributed by atoms with Crippen LogP contribution in [0.1, 0.15) is 43.4 Å². The molecule has 0 bridgehead atoms. The Bertz CT molecular complexity index is 459. The van der Waals surface area contributed by atoms with Crippen molar-refractivity contribution in [2.24, 2.45) is 0 Å². The Morgan fingerprint density at radius 2 is 2.26 bits per heavy atom. The van der Waals surface area contributed by atoms with Gasteiger partial charge in [0.15, 0.2) is 0 Å². The largest absolute Gasteiger partial charge is 0.323 e. The lowest BCUT2D eigenvalue weighted by Crippen LogP contribution is -2.35. The van der Waals surface area contributed by atoms with Crippen LogP contribution in [0.5, 0.6) is 0 Å². The summed E-state index contributed by atoms with van der Waals surface area (Å²) in [6.45, 7) is 2.89. The van der Waals surface area contributed by atoms with E-state index in [4.69, 9.17) is 0 Å². The van der Waals surface area contributed by atoms with E-state index in [9.17, 15) is 4.79 Å². The average molecular weight is 261 g/mol. The molecule has 4 heteroatoms. The Morgan fingerprint density at radius 3 is 2.95 bits per heavy atom. The SMILES string of the molecule is CCCCC(NC)c1ccc2c(c1)CN(C)C(=O)N2. The molecule has 1 atom stereocenters. The van der Waals surface area contributed by atoms with Crippen molar-refractivity contribution in [1.82, 2.24) is 10.2 Å². The van der Waals surface area contributed by atoms with E-state index in [2.05, 4.69) is 29.7 Å². The molecule has 0 saturated carbocycles. The van der Waals surface area contributed by atoms with Crippen LogP contribution in [0, 0.1) is 0 Å². The number of amides is 2. The second kappa shape index (κ2) is 6.06. The van der Waals surface area contributed by atoms with Gasteiger partial charge in [-0.1, -0.05) is 31.9 Å². The third-order valence-corrected chi connectivity index (χ3v) is 3.72. The van der Waals surface area contributed by atoms with Gasteiger partial charge in [0, 0.05) is 25.3 Å². The van der Waals surface area contributed by atoms with Crippen molar-refractivity contribution >= 4 is 11.7 Å². The first kappa shape index (κ1) is 13.9. The lowest BCUT2D eigenvalue weighted by atomic mass is 9.97. The fourth-order valence-electron chi connectivity index (χ4n) is 2.51. The number of nitrogens with zero attached hydrogens (tertiary/aromatic N) is 1. The molecule has 0 aliphatic carbocycles. The molecule has 0 aromatic heterocycles. The maximum Gasteiger partial charge on any atom is 0.321 e. The number of urea groups is 1. The van der Waals surface area contributed by atoms with E-state index < -0.39 is 0 Å². The van der Waals surface area contributed by atoms with Crippen LogP contribution in [0.4, 0.5) is 10.5 Å². The predicted octanol–water partition coefficient (Wildman–Crippen LogP) is 3.11. The summed E-state index contributed by atoms with van der Waals surface area (Å²) in [5, 5.41) is 6.28. The maximum absolute atomic E-state index is 11.6. The van der Waals surface area contributed by atoms with E-state index in [1.807, 2.05) is 20.2 Å². The Kier molecular flexibility index (Phi) is 4.43. The zero-order valence-corrected chi connectivity index (χ0v) is 12.0. The smallest absolute Gasteiger partial charge is 0.321 e. The first-order valence-electron chi connectivity index (χ1n) is 6.98. The van der Waals surface area contributed by atoms with Crippen LogP contribution in [0.2, 0.25) is 0 Å². The van der Waals surface area contributed by atoms with Gasteiger partial charge in [0.25, 0.3) is 0 Å². The zero-order valence-electron chi connectivity index (χ0n) is 12.0. The number of unbranched alkanes of at least 4 members (excludes halogenated alkanes) is 1. The molecule has 1 aromatic carbocycles. The van der Waals surface area contributed by atoms with E-state index in [0.29, 0.717) is 12.6 Å². The van der Waals surface area contributed by atoms with Gasteiger partial charge in [0.2, 0.25) is 0 Å². The quantitative estimate of drug-likeness (QED) is 0.855. The lowest BCUT2D eigenvalue weighted by molar-refractivity contribution is 0.218. The van der Waals surface area contributed by atoms with Crippen LogP contribution in [-0.4, -0.2) is 25.0 Å². The Labute approximate surface area is 115 Å². The Hall–Kier alpha value is -1.55. The molecule has 0 fully saturated rings. The van der Waals surface area contributed by atoms with Crippen molar-refractivity contribution in [2.45, 2.75) is 38.8 Å². The summed E-state index contributed by atoms with van der Waals surface area (Å²) < 4.78 is 0. The molecule has 19 heavy (non-hydrogen) atoms. The summed E-state index contributed by atoms with van der Waals surface area (Å²) in [4.78, 5) is 13.3. The molecule has 4 nitrogen and oxygen atoms in total. The summed E-state index contributed by atoms with van der Waals surface area (Å²) in [7, 11) is 3.82. The average Bonchev–Trinajstić information content (AvgIpc) is 2.41. The van der Waals surface area contributed by atoms with Gasteiger partial charge < -0.3 is 15.5 Å². The number of hydrogen-bond donors (Lipinski definition) is 2. The van der Waals surface area contributed by atoms with E-state index in [-0.39, 0.29) is 6.03 Å². The van der Waals surface area contributed by atoms with Crippen LogP contribution in [-0.2, 0) is 6.54 Å². The van der Waals surface area contributed by atoms with Crippen LogP contribution in [0.15, 0.2) is 18.2 Å². The molecule has 0 spiro atoms. The first-order valence-corrected chi connectivity index (χ1v) is 6.98. The molecule has 0 saturated heterocycles. The second-order valence-corrected chi connectivity index (χ2v) is 5.19. The minimum atomic E-state index is -0.0311. The fourth-order valence-corrected chi connectivity index (χ4v) is 2.51. The third kappa shape index (κ3) is 3.07.